The zero-order valence-corrected chi connectivity index (χ0v) is 18.4. The van der Waals surface area contributed by atoms with Crippen molar-refractivity contribution in [2.45, 2.75) is 43.9 Å². The van der Waals surface area contributed by atoms with Crippen molar-refractivity contribution in [1.29, 1.82) is 0 Å². The molecule has 1 atom stereocenters. The molecule has 4 aliphatic heterocycles. The molecule has 0 aromatic heterocycles. The van der Waals surface area contributed by atoms with Crippen molar-refractivity contribution in [2.24, 2.45) is 0 Å². The van der Waals surface area contributed by atoms with Gasteiger partial charge in [-0.25, -0.2) is 0 Å². The molecule has 0 bridgehead atoms. The molecule has 2 N–H and O–H groups in total. The summed E-state index contributed by atoms with van der Waals surface area (Å²) in [6.07, 6.45) is 2.44. The summed E-state index contributed by atoms with van der Waals surface area (Å²) in [5.74, 6) is -1.96. The number of fused-ring (bicyclic) bond motifs is 1. The molecule has 10 heteroatoms. The maximum atomic E-state index is 13.0. The third-order valence-electron chi connectivity index (χ3n) is 6.96. The van der Waals surface area contributed by atoms with Gasteiger partial charge in [-0.05, 0) is 37.5 Å². The fourth-order valence-corrected chi connectivity index (χ4v) is 5.11. The number of hydrogen-bond donors (Lipinski definition) is 2. The van der Waals surface area contributed by atoms with Crippen LogP contribution in [0, 0.1) is 0 Å². The fourth-order valence-electron chi connectivity index (χ4n) is 5.11. The normalized spacial score (nSPS) is 24.8. The molecule has 10 nitrogen and oxygen atoms in total. The second-order valence-electron chi connectivity index (χ2n) is 9.10. The van der Waals surface area contributed by atoms with E-state index in [4.69, 9.17) is 9.84 Å². The Balaban J connectivity index is 1.21. The third-order valence-corrected chi connectivity index (χ3v) is 6.96. The van der Waals surface area contributed by atoms with Crippen molar-refractivity contribution in [3.05, 3.63) is 29.3 Å². The summed E-state index contributed by atoms with van der Waals surface area (Å²) in [7, 11) is 0. The number of rotatable bonds is 6. The van der Waals surface area contributed by atoms with E-state index < -0.39 is 23.8 Å². The molecule has 0 saturated carbocycles. The summed E-state index contributed by atoms with van der Waals surface area (Å²) >= 11 is 0. The topological polar surface area (TPSA) is 119 Å². The molecule has 4 aliphatic rings. The predicted molar refractivity (Wildman–Crippen MR) is 117 cm³/mol. The number of nitrogens with zero attached hydrogens (tertiary/aromatic N) is 3. The van der Waals surface area contributed by atoms with Gasteiger partial charge in [-0.1, -0.05) is 0 Å². The number of aliphatic hydroxyl groups excluding tert-OH is 1. The Kier molecular flexibility index (Phi) is 5.90. The Morgan fingerprint density at radius 2 is 1.70 bits per heavy atom. The first-order valence-corrected chi connectivity index (χ1v) is 11.5. The van der Waals surface area contributed by atoms with Crippen LogP contribution >= 0.6 is 0 Å². The summed E-state index contributed by atoms with van der Waals surface area (Å²) in [6.45, 7) is 4.17. The van der Waals surface area contributed by atoms with Gasteiger partial charge in [-0.3, -0.25) is 34.3 Å². The molecule has 33 heavy (non-hydrogen) atoms. The van der Waals surface area contributed by atoms with Crippen LogP contribution in [-0.2, 0) is 14.3 Å². The molecule has 3 saturated heterocycles. The minimum Gasteiger partial charge on any atom is -0.395 e. The molecule has 1 unspecified atom stereocenters. The number of piperidine rings is 2. The van der Waals surface area contributed by atoms with Gasteiger partial charge in [-0.2, -0.15) is 0 Å². The van der Waals surface area contributed by atoms with Gasteiger partial charge in [0.1, 0.15) is 6.04 Å². The highest BCUT2D eigenvalue weighted by Gasteiger charge is 2.44. The largest absolute Gasteiger partial charge is 0.395 e. The van der Waals surface area contributed by atoms with E-state index in [2.05, 4.69) is 15.1 Å². The summed E-state index contributed by atoms with van der Waals surface area (Å²) in [5, 5.41) is 11.2. The van der Waals surface area contributed by atoms with Gasteiger partial charge in [0.2, 0.25) is 11.8 Å². The number of carbonyl (C=O) groups is 4. The lowest BCUT2D eigenvalue weighted by Crippen LogP contribution is -2.54. The van der Waals surface area contributed by atoms with Crippen molar-refractivity contribution in [3.8, 4) is 0 Å². The number of likely N-dealkylation sites (tertiary alicyclic amines) is 1. The van der Waals surface area contributed by atoms with Gasteiger partial charge < -0.3 is 14.7 Å². The van der Waals surface area contributed by atoms with Crippen LogP contribution in [0.1, 0.15) is 46.4 Å². The zero-order chi connectivity index (χ0) is 23.1. The van der Waals surface area contributed by atoms with Crippen molar-refractivity contribution >= 4 is 29.3 Å². The number of β-amino-alcohol motifs (C(OH)–C–C–N with tert-alkyl or cyclic N) is 1. The third kappa shape index (κ3) is 4.14. The number of ether oxygens (including phenoxy) is 1. The summed E-state index contributed by atoms with van der Waals surface area (Å²) in [6, 6.07) is 4.29. The Hall–Kier alpha value is -2.82. The van der Waals surface area contributed by atoms with Crippen molar-refractivity contribution in [2.75, 3.05) is 44.2 Å². The molecule has 1 aromatic carbocycles. The van der Waals surface area contributed by atoms with Gasteiger partial charge in [-0.15, -0.1) is 0 Å². The standard InChI is InChI=1S/C23H28N4O6/c28-10-9-25-12-16(13-25)33-15-5-7-26(8-6-15)14-1-2-17-18(11-14)23(32)27(22(17)31)19-3-4-20(29)24-21(19)30/h1-2,11,15-16,19,28H,3-10,12-13H2,(H,24,29,30). The Bertz CT molecular complexity index is 983. The zero-order valence-electron chi connectivity index (χ0n) is 18.4. The smallest absolute Gasteiger partial charge is 0.262 e. The first kappa shape index (κ1) is 22.0. The molecule has 4 heterocycles. The lowest BCUT2D eigenvalue weighted by atomic mass is 10.0. The number of benzene rings is 1. The van der Waals surface area contributed by atoms with E-state index in [1.54, 1.807) is 12.1 Å². The minimum absolute atomic E-state index is 0.104. The first-order valence-electron chi connectivity index (χ1n) is 11.5. The Labute approximate surface area is 191 Å². The fraction of sp³-hybridized carbons (Fsp3) is 0.565. The van der Waals surface area contributed by atoms with Gasteiger partial charge >= 0.3 is 0 Å². The summed E-state index contributed by atoms with van der Waals surface area (Å²) in [5.41, 5.74) is 1.47. The average molecular weight is 456 g/mol. The van der Waals surface area contributed by atoms with E-state index in [0.717, 1.165) is 49.6 Å². The number of hydrogen-bond acceptors (Lipinski definition) is 8. The molecular formula is C23H28N4O6. The van der Waals surface area contributed by atoms with Crippen molar-refractivity contribution < 1.29 is 29.0 Å². The number of anilines is 1. The SMILES string of the molecule is O=C1CCC(N2C(=O)c3ccc(N4CCC(OC5CN(CCO)C5)CC4)cc3C2=O)C(=O)N1. The number of nitrogens with one attached hydrogen (secondary N) is 1. The van der Waals surface area contributed by atoms with Crippen LogP contribution in [0.4, 0.5) is 5.69 Å². The monoisotopic (exact) mass is 456 g/mol. The van der Waals surface area contributed by atoms with E-state index >= 15 is 0 Å². The number of imide groups is 2. The quantitative estimate of drug-likeness (QED) is 0.563. The van der Waals surface area contributed by atoms with Crippen LogP contribution in [-0.4, -0.2) is 96.1 Å². The van der Waals surface area contributed by atoms with Gasteiger partial charge in [0.15, 0.2) is 0 Å². The summed E-state index contributed by atoms with van der Waals surface area (Å²) < 4.78 is 6.17. The highest BCUT2D eigenvalue weighted by molar-refractivity contribution is 6.23. The van der Waals surface area contributed by atoms with Crippen LogP contribution in [0.3, 0.4) is 0 Å². The minimum atomic E-state index is -0.953. The predicted octanol–water partition coefficient (Wildman–Crippen LogP) is -0.250. The van der Waals surface area contributed by atoms with Crippen LogP contribution in [0.25, 0.3) is 0 Å². The van der Waals surface area contributed by atoms with Crippen LogP contribution in [0.5, 0.6) is 0 Å². The van der Waals surface area contributed by atoms with Gasteiger partial charge in [0.05, 0.1) is 29.9 Å². The van der Waals surface area contributed by atoms with E-state index in [1.807, 2.05) is 6.07 Å². The molecule has 0 radical (unpaired) electrons. The maximum Gasteiger partial charge on any atom is 0.262 e. The summed E-state index contributed by atoms with van der Waals surface area (Å²) in [4.78, 5) is 54.9. The van der Waals surface area contributed by atoms with E-state index in [9.17, 15) is 19.2 Å². The van der Waals surface area contributed by atoms with Crippen LogP contribution in [0.2, 0.25) is 0 Å². The van der Waals surface area contributed by atoms with Crippen LogP contribution in [0.15, 0.2) is 18.2 Å². The second-order valence-corrected chi connectivity index (χ2v) is 9.10. The molecular weight excluding hydrogens is 428 g/mol. The van der Waals surface area contributed by atoms with Crippen LogP contribution < -0.4 is 10.2 Å². The van der Waals surface area contributed by atoms with E-state index in [-0.39, 0.29) is 37.6 Å². The van der Waals surface area contributed by atoms with E-state index in [1.165, 1.54) is 0 Å². The molecule has 176 valence electrons. The maximum absolute atomic E-state index is 13.0. The molecule has 5 rings (SSSR count). The Morgan fingerprint density at radius 1 is 0.970 bits per heavy atom. The molecule has 0 spiro atoms. The van der Waals surface area contributed by atoms with E-state index in [0.29, 0.717) is 17.7 Å². The van der Waals surface area contributed by atoms with Crippen molar-refractivity contribution in [1.82, 2.24) is 15.1 Å². The first-order chi connectivity index (χ1) is 15.9. The number of amides is 4. The lowest BCUT2D eigenvalue weighted by Gasteiger charge is -2.42. The van der Waals surface area contributed by atoms with Gasteiger partial charge in [0.25, 0.3) is 11.8 Å². The molecule has 0 aliphatic carbocycles. The number of aliphatic hydroxyl groups is 1. The highest BCUT2D eigenvalue weighted by atomic mass is 16.5. The average Bonchev–Trinajstić information content (AvgIpc) is 3.03. The highest BCUT2D eigenvalue weighted by Crippen LogP contribution is 2.32. The number of carbonyl (C=O) groups excluding carboxylic acids is 4. The molecule has 4 amide bonds. The second kappa shape index (κ2) is 8.85. The van der Waals surface area contributed by atoms with Crippen molar-refractivity contribution in [3.63, 3.8) is 0 Å². The molecule has 1 aromatic rings. The lowest BCUT2D eigenvalue weighted by molar-refractivity contribution is -0.136. The molecule has 3 fully saturated rings. The Morgan fingerprint density at radius 3 is 2.39 bits per heavy atom. The van der Waals surface area contributed by atoms with Gasteiger partial charge in [0, 0.05) is 44.8 Å².